The highest BCUT2D eigenvalue weighted by molar-refractivity contribution is 7.18. The van der Waals surface area contributed by atoms with E-state index in [1.165, 1.54) is 15.9 Å². The Hall–Kier alpha value is -2.87. The SMILES string of the molecule is Cc1cc(C)n2nc(C(=O)OCc3nc4ccccc4s3)nc2n1. The van der Waals surface area contributed by atoms with Gasteiger partial charge in [-0.25, -0.2) is 19.3 Å². The maximum absolute atomic E-state index is 12.2. The number of para-hydroxylation sites is 1. The topological polar surface area (TPSA) is 82.3 Å². The van der Waals surface area contributed by atoms with Crippen molar-refractivity contribution in [1.82, 2.24) is 24.6 Å². The number of hydrogen-bond acceptors (Lipinski definition) is 7. The van der Waals surface area contributed by atoms with Crippen molar-refractivity contribution in [2.45, 2.75) is 20.5 Å². The molecule has 0 aliphatic rings. The molecular weight excluding hydrogens is 326 g/mol. The van der Waals surface area contributed by atoms with Gasteiger partial charge in [0.15, 0.2) is 0 Å². The Morgan fingerprint density at radius 3 is 2.88 bits per heavy atom. The van der Waals surface area contributed by atoms with Crippen LogP contribution in [0.5, 0.6) is 0 Å². The van der Waals surface area contributed by atoms with E-state index < -0.39 is 5.97 Å². The van der Waals surface area contributed by atoms with Crippen LogP contribution in [0, 0.1) is 13.8 Å². The summed E-state index contributed by atoms with van der Waals surface area (Å²) in [4.78, 5) is 25.0. The molecule has 3 heterocycles. The second-order valence-corrected chi connectivity index (χ2v) is 6.45. The number of rotatable bonds is 3. The highest BCUT2D eigenvalue weighted by Gasteiger charge is 2.17. The van der Waals surface area contributed by atoms with Crippen molar-refractivity contribution in [3.63, 3.8) is 0 Å². The van der Waals surface area contributed by atoms with Crippen LogP contribution in [0.1, 0.15) is 27.0 Å². The number of benzene rings is 1. The predicted octanol–water partition coefficient (Wildman–Crippen LogP) is 2.71. The Bertz CT molecular complexity index is 1040. The van der Waals surface area contributed by atoms with Crippen LogP contribution in [0.4, 0.5) is 0 Å². The smallest absolute Gasteiger partial charge is 0.378 e. The van der Waals surface area contributed by atoms with Crippen molar-refractivity contribution in [2.75, 3.05) is 0 Å². The van der Waals surface area contributed by atoms with Gasteiger partial charge in [0.05, 0.1) is 10.2 Å². The fraction of sp³-hybridized carbons (Fsp3) is 0.188. The molecule has 1 aromatic carbocycles. The van der Waals surface area contributed by atoms with Crippen molar-refractivity contribution < 1.29 is 9.53 Å². The van der Waals surface area contributed by atoms with Gasteiger partial charge >= 0.3 is 5.97 Å². The summed E-state index contributed by atoms with van der Waals surface area (Å²) < 4.78 is 7.88. The molecule has 0 unspecified atom stereocenters. The van der Waals surface area contributed by atoms with Gasteiger partial charge < -0.3 is 4.74 Å². The van der Waals surface area contributed by atoms with Crippen LogP contribution in [0.25, 0.3) is 16.0 Å². The quantitative estimate of drug-likeness (QED) is 0.534. The summed E-state index contributed by atoms with van der Waals surface area (Å²) in [5.41, 5.74) is 2.58. The van der Waals surface area contributed by atoms with Crippen molar-refractivity contribution in [3.05, 3.63) is 52.6 Å². The van der Waals surface area contributed by atoms with E-state index >= 15 is 0 Å². The molecule has 0 bridgehead atoms. The zero-order chi connectivity index (χ0) is 16.7. The highest BCUT2D eigenvalue weighted by Crippen LogP contribution is 2.22. The second kappa shape index (κ2) is 5.64. The van der Waals surface area contributed by atoms with Gasteiger partial charge in [0, 0.05) is 11.4 Å². The van der Waals surface area contributed by atoms with Crippen LogP contribution >= 0.6 is 11.3 Å². The zero-order valence-corrected chi connectivity index (χ0v) is 13.9. The van der Waals surface area contributed by atoms with Crippen LogP contribution < -0.4 is 0 Å². The molecule has 4 aromatic rings. The van der Waals surface area contributed by atoms with Gasteiger partial charge in [-0.3, -0.25) is 0 Å². The van der Waals surface area contributed by atoms with E-state index in [1.807, 2.05) is 44.2 Å². The van der Waals surface area contributed by atoms with Crippen LogP contribution in [0.15, 0.2) is 30.3 Å². The Labute approximate surface area is 141 Å². The molecule has 120 valence electrons. The van der Waals surface area contributed by atoms with Crippen molar-refractivity contribution in [3.8, 4) is 0 Å². The number of carbonyl (C=O) groups is 1. The van der Waals surface area contributed by atoms with Gasteiger partial charge in [-0.05, 0) is 32.0 Å². The van der Waals surface area contributed by atoms with Crippen molar-refractivity contribution in [2.24, 2.45) is 0 Å². The Morgan fingerprint density at radius 2 is 2.04 bits per heavy atom. The monoisotopic (exact) mass is 339 g/mol. The minimum atomic E-state index is -0.586. The molecular formula is C16H13N5O2S. The van der Waals surface area contributed by atoms with E-state index in [1.54, 1.807) is 0 Å². The van der Waals surface area contributed by atoms with Crippen LogP contribution in [-0.4, -0.2) is 30.5 Å². The maximum Gasteiger partial charge on any atom is 0.378 e. The van der Waals surface area contributed by atoms with Gasteiger partial charge in [-0.2, -0.15) is 4.98 Å². The lowest BCUT2D eigenvalue weighted by atomic mass is 10.3. The molecule has 0 saturated carbocycles. The first kappa shape index (κ1) is 14.7. The zero-order valence-electron chi connectivity index (χ0n) is 13.1. The van der Waals surface area contributed by atoms with Gasteiger partial charge in [0.2, 0.25) is 0 Å². The number of aromatic nitrogens is 5. The summed E-state index contributed by atoms with van der Waals surface area (Å²) in [5, 5.41) is 4.89. The molecule has 7 nitrogen and oxygen atoms in total. The van der Waals surface area contributed by atoms with Crippen molar-refractivity contribution >= 4 is 33.3 Å². The fourth-order valence-electron chi connectivity index (χ4n) is 2.43. The van der Waals surface area contributed by atoms with E-state index in [9.17, 15) is 4.79 Å². The van der Waals surface area contributed by atoms with E-state index in [0.29, 0.717) is 5.78 Å². The first-order valence-corrected chi connectivity index (χ1v) is 8.14. The number of ether oxygens (including phenoxy) is 1. The largest absolute Gasteiger partial charge is 0.452 e. The average Bonchev–Trinajstić information content (AvgIpc) is 3.15. The third-order valence-electron chi connectivity index (χ3n) is 3.47. The number of hydrogen-bond donors (Lipinski definition) is 0. The first-order valence-electron chi connectivity index (χ1n) is 7.33. The Kier molecular flexibility index (Phi) is 3.46. The lowest BCUT2D eigenvalue weighted by Crippen LogP contribution is -2.07. The molecule has 8 heteroatoms. The Morgan fingerprint density at radius 1 is 1.21 bits per heavy atom. The molecule has 0 N–H and O–H groups in total. The molecule has 4 rings (SSSR count). The molecule has 0 spiro atoms. The van der Waals surface area contributed by atoms with Gasteiger partial charge in [0.25, 0.3) is 11.6 Å². The van der Waals surface area contributed by atoms with E-state index in [2.05, 4.69) is 20.1 Å². The molecule has 0 saturated heterocycles. The molecule has 0 aliphatic carbocycles. The van der Waals surface area contributed by atoms with Crippen LogP contribution in [0.3, 0.4) is 0 Å². The fourth-order valence-corrected chi connectivity index (χ4v) is 3.31. The summed E-state index contributed by atoms with van der Waals surface area (Å²) in [6, 6.07) is 9.66. The molecule has 0 amide bonds. The van der Waals surface area contributed by atoms with E-state index in [0.717, 1.165) is 26.6 Å². The summed E-state index contributed by atoms with van der Waals surface area (Å²) >= 11 is 1.50. The average molecular weight is 339 g/mol. The minimum absolute atomic E-state index is 0.00249. The van der Waals surface area contributed by atoms with Crippen LogP contribution in [-0.2, 0) is 11.3 Å². The number of thiazole rings is 1. The molecule has 24 heavy (non-hydrogen) atoms. The number of fused-ring (bicyclic) bond motifs is 2. The lowest BCUT2D eigenvalue weighted by molar-refractivity contribution is 0.0458. The standard InChI is InChI=1S/C16H13N5O2S/c1-9-7-10(2)21-16(17-9)19-14(20-21)15(22)23-8-13-18-11-5-3-4-6-12(11)24-13/h3-7H,8H2,1-2H3. The highest BCUT2D eigenvalue weighted by atomic mass is 32.1. The molecule has 0 radical (unpaired) electrons. The number of aryl methyl sites for hydroxylation is 2. The summed E-state index contributed by atoms with van der Waals surface area (Å²) in [6.45, 7) is 3.85. The van der Waals surface area contributed by atoms with Gasteiger partial charge in [-0.1, -0.05) is 12.1 Å². The number of carbonyl (C=O) groups excluding carboxylic acids is 1. The normalized spacial score (nSPS) is 11.2. The number of nitrogens with zero attached hydrogens (tertiary/aromatic N) is 5. The summed E-state index contributed by atoms with van der Waals surface area (Å²) in [6.07, 6.45) is 0. The van der Waals surface area contributed by atoms with Crippen molar-refractivity contribution in [1.29, 1.82) is 0 Å². The van der Waals surface area contributed by atoms with E-state index in [4.69, 9.17) is 4.74 Å². The predicted molar refractivity (Wildman–Crippen MR) is 89.0 cm³/mol. The first-order chi connectivity index (χ1) is 11.6. The molecule has 3 aromatic heterocycles. The third-order valence-corrected chi connectivity index (χ3v) is 4.48. The van der Waals surface area contributed by atoms with Gasteiger partial charge in [0.1, 0.15) is 11.6 Å². The second-order valence-electron chi connectivity index (χ2n) is 5.34. The van der Waals surface area contributed by atoms with Crippen LogP contribution in [0.2, 0.25) is 0 Å². The summed E-state index contributed by atoms with van der Waals surface area (Å²) in [5.74, 6) is -0.200. The lowest BCUT2D eigenvalue weighted by Gasteiger charge is -1.98. The molecule has 0 atom stereocenters. The maximum atomic E-state index is 12.2. The third kappa shape index (κ3) is 2.61. The number of esters is 1. The molecule has 0 fully saturated rings. The Balaban J connectivity index is 1.54. The summed E-state index contributed by atoms with van der Waals surface area (Å²) in [7, 11) is 0. The van der Waals surface area contributed by atoms with Gasteiger partial charge in [-0.15, -0.1) is 16.4 Å². The van der Waals surface area contributed by atoms with E-state index in [-0.39, 0.29) is 12.4 Å². The molecule has 0 aliphatic heterocycles. The minimum Gasteiger partial charge on any atom is -0.452 e.